The molecule has 0 aliphatic heterocycles. The molecule has 1 atom stereocenters. The van der Waals surface area contributed by atoms with Crippen molar-refractivity contribution in [1.82, 2.24) is 10.6 Å². The summed E-state index contributed by atoms with van der Waals surface area (Å²) in [5, 5.41) is 4.53. The standard InChI is InChI=1S/C15H20N2O5/c1-10(2)16-15(20)17-13(18)9-21-14(19)11(3)22-12-7-5-4-6-8-12/h4-8,10-11H,9H2,1-3H3,(H2,16,17,18,20)/t11-/m0/s1. The van der Waals surface area contributed by atoms with Gasteiger partial charge in [0.25, 0.3) is 5.91 Å². The normalized spacial score (nSPS) is 11.5. The van der Waals surface area contributed by atoms with Gasteiger partial charge in [0.2, 0.25) is 0 Å². The number of para-hydroxylation sites is 1. The van der Waals surface area contributed by atoms with Crippen LogP contribution in [-0.4, -0.2) is 36.7 Å². The first kappa shape index (κ1) is 17.5. The van der Waals surface area contributed by atoms with E-state index in [2.05, 4.69) is 5.32 Å². The maximum atomic E-state index is 11.7. The lowest BCUT2D eigenvalue weighted by Gasteiger charge is -2.14. The Morgan fingerprint density at radius 1 is 1.09 bits per heavy atom. The Morgan fingerprint density at radius 3 is 2.32 bits per heavy atom. The van der Waals surface area contributed by atoms with Gasteiger partial charge >= 0.3 is 12.0 Å². The number of esters is 1. The molecule has 1 aromatic rings. The molecular formula is C15H20N2O5. The van der Waals surface area contributed by atoms with Gasteiger partial charge < -0.3 is 14.8 Å². The molecular weight excluding hydrogens is 288 g/mol. The van der Waals surface area contributed by atoms with Crippen LogP contribution in [0.3, 0.4) is 0 Å². The summed E-state index contributed by atoms with van der Waals surface area (Å²) in [5.74, 6) is -0.880. The van der Waals surface area contributed by atoms with E-state index in [0.717, 1.165) is 0 Å². The van der Waals surface area contributed by atoms with E-state index >= 15 is 0 Å². The average molecular weight is 308 g/mol. The zero-order valence-corrected chi connectivity index (χ0v) is 12.8. The number of rotatable bonds is 6. The van der Waals surface area contributed by atoms with E-state index in [-0.39, 0.29) is 6.04 Å². The van der Waals surface area contributed by atoms with Crippen LogP contribution in [-0.2, 0) is 14.3 Å². The van der Waals surface area contributed by atoms with Crippen molar-refractivity contribution in [2.45, 2.75) is 32.9 Å². The summed E-state index contributed by atoms with van der Waals surface area (Å²) in [6.07, 6.45) is -0.861. The van der Waals surface area contributed by atoms with Crippen LogP contribution in [0.1, 0.15) is 20.8 Å². The Morgan fingerprint density at radius 2 is 1.73 bits per heavy atom. The quantitative estimate of drug-likeness (QED) is 0.771. The van der Waals surface area contributed by atoms with Gasteiger partial charge in [-0.3, -0.25) is 10.1 Å². The number of nitrogens with one attached hydrogen (secondary N) is 2. The van der Waals surface area contributed by atoms with E-state index in [1.54, 1.807) is 38.1 Å². The fourth-order valence-corrected chi connectivity index (χ4v) is 1.47. The number of carbonyl (C=O) groups is 3. The number of benzene rings is 1. The first-order valence-corrected chi connectivity index (χ1v) is 6.87. The van der Waals surface area contributed by atoms with Gasteiger partial charge in [0, 0.05) is 6.04 Å². The number of carbonyl (C=O) groups excluding carboxylic acids is 3. The summed E-state index contributed by atoms with van der Waals surface area (Å²) < 4.78 is 10.1. The summed E-state index contributed by atoms with van der Waals surface area (Å²) in [5.41, 5.74) is 0. The van der Waals surface area contributed by atoms with Crippen LogP contribution in [0.4, 0.5) is 4.79 Å². The van der Waals surface area contributed by atoms with Gasteiger partial charge in [0.05, 0.1) is 0 Å². The molecule has 0 saturated carbocycles. The highest BCUT2D eigenvalue weighted by Crippen LogP contribution is 2.11. The summed E-state index contributed by atoms with van der Waals surface area (Å²) in [7, 11) is 0. The van der Waals surface area contributed by atoms with E-state index in [1.165, 1.54) is 6.92 Å². The molecule has 3 amide bonds. The van der Waals surface area contributed by atoms with Gasteiger partial charge in [-0.05, 0) is 32.9 Å². The van der Waals surface area contributed by atoms with Crippen molar-refractivity contribution in [3.8, 4) is 5.75 Å². The van der Waals surface area contributed by atoms with Crippen LogP contribution in [0.2, 0.25) is 0 Å². The maximum absolute atomic E-state index is 11.7. The summed E-state index contributed by atoms with van der Waals surface area (Å²) in [6, 6.07) is 8.03. The second-order valence-corrected chi connectivity index (χ2v) is 4.86. The Labute approximate surface area is 129 Å². The predicted octanol–water partition coefficient (Wildman–Crippen LogP) is 1.23. The highest BCUT2D eigenvalue weighted by molar-refractivity contribution is 5.95. The van der Waals surface area contributed by atoms with Gasteiger partial charge in [-0.1, -0.05) is 18.2 Å². The van der Waals surface area contributed by atoms with Crippen molar-refractivity contribution in [3.05, 3.63) is 30.3 Å². The average Bonchev–Trinajstić information content (AvgIpc) is 2.44. The van der Waals surface area contributed by atoms with Gasteiger partial charge in [-0.2, -0.15) is 0 Å². The van der Waals surface area contributed by atoms with Crippen molar-refractivity contribution >= 4 is 17.9 Å². The zero-order chi connectivity index (χ0) is 16.5. The molecule has 0 spiro atoms. The molecule has 0 saturated heterocycles. The zero-order valence-electron chi connectivity index (χ0n) is 12.8. The lowest BCUT2D eigenvalue weighted by Crippen LogP contribution is -2.44. The number of urea groups is 1. The summed E-state index contributed by atoms with van der Waals surface area (Å²) >= 11 is 0. The summed E-state index contributed by atoms with van der Waals surface area (Å²) in [6.45, 7) is 4.48. The third-order valence-electron chi connectivity index (χ3n) is 2.41. The minimum Gasteiger partial charge on any atom is -0.479 e. The van der Waals surface area contributed by atoms with Crippen LogP contribution in [0.15, 0.2) is 30.3 Å². The predicted molar refractivity (Wildman–Crippen MR) is 79.3 cm³/mol. The lowest BCUT2D eigenvalue weighted by molar-refractivity contribution is -0.154. The molecule has 7 heteroatoms. The molecule has 0 aromatic heterocycles. The van der Waals surface area contributed by atoms with E-state index in [1.807, 2.05) is 11.4 Å². The lowest BCUT2D eigenvalue weighted by atomic mass is 10.3. The second kappa shape index (κ2) is 8.66. The largest absolute Gasteiger partial charge is 0.479 e. The highest BCUT2D eigenvalue weighted by Gasteiger charge is 2.18. The van der Waals surface area contributed by atoms with Crippen LogP contribution in [0, 0.1) is 0 Å². The molecule has 0 heterocycles. The van der Waals surface area contributed by atoms with Crippen LogP contribution in [0.5, 0.6) is 5.75 Å². The third-order valence-corrected chi connectivity index (χ3v) is 2.41. The van der Waals surface area contributed by atoms with Gasteiger partial charge in [-0.15, -0.1) is 0 Å². The number of hydrogen-bond donors (Lipinski definition) is 2. The van der Waals surface area contributed by atoms with E-state index in [0.29, 0.717) is 5.75 Å². The first-order valence-electron chi connectivity index (χ1n) is 6.87. The molecule has 120 valence electrons. The monoisotopic (exact) mass is 308 g/mol. The highest BCUT2D eigenvalue weighted by atomic mass is 16.6. The van der Waals surface area contributed by atoms with Crippen molar-refractivity contribution in [3.63, 3.8) is 0 Å². The Bertz CT molecular complexity index is 516. The number of ether oxygens (including phenoxy) is 2. The number of amides is 3. The van der Waals surface area contributed by atoms with Crippen LogP contribution < -0.4 is 15.4 Å². The van der Waals surface area contributed by atoms with Crippen molar-refractivity contribution < 1.29 is 23.9 Å². The number of imide groups is 1. The van der Waals surface area contributed by atoms with Gasteiger partial charge in [0.1, 0.15) is 5.75 Å². The minimum atomic E-state index is -0.861. The van der Waals surface area contributed by atoms with E-state index < -0.39 is 30.6 Å². The topological polar surface area (TPSA) is 93.7 Å². The molecule has 1 aromatic carbocycles. The number of hydrogen-bond acceptors (Lipinski definition) is 5. The second-order valence-electron chi connectivity index (χ2n) is 4.86. The smallest absolute Gasteiger partial charge is 0.347 e. The van der Waals surface area contributed by atoms with Crippen molar-refractivity contribution in [2.75, 3.05) is 6.61 Å². The molecule has 0 aliphatic carbocycles. The Balaban J connectivity index is 2.32. The maximum Gasteiger partial charge on any atom is 0.347 e. The fraction of sp³-hybridized carbons (Fsp3) is 0.400. The Hall–Kier alpha value is -2.57. The van der Waals surface area contributed by atoms with Gasteiger partial charge in [-0.25, -0.2) is 9.59 Å². The molecule has 2 N–H and O–H groups in total. The van der Waals surface area contributed by atoms with Gasteiger partial charge in [0.15, 0.2) is 12.7 Å². The van der Waals surface area contributed by atoms with Crippen LogP contribution in [0.25, 0.3) is 0 Å². The molecule has 0 bridgehead atoms. The molecule has 0 aliphatic rings. The molecule has 22 heavy (non-hydrogen) atoms. The third kappa shape index (κ3) is 6.74. The summed E-state index contributed by atoms with van der Waals surface area (Å²) in [4.78, 5) is 34.4. The van der Waals surface area contributed by atoms with Crippen molar-refractivity contribution in [1.29, 1.82) is 0 Å². The molecule has 7 nitrogen and oxygen atoms in total. The minimum absolute atomic E-state index is 0.102. The van der Waals surface area contributed by atoms with Crippen LogP contribution >= 0.6 is 0 Å². The fourth-order valence-electron chi connectivity index (χ4n) is 1.47. The SMILES string of the molecule is CC(C)NC(=O)NC(=O)COC(=O)[C@H](C)Oc1ccccc1. The van der Waals surface area contributed by atoms with E-state index in [4.69, 9.17) is 9.47 Å². The van der Waals surface area contributed by atoms with Crippen molar-refractivity contribution in [2.24, 2.45) is 0 Å². The Kier molecular flexibility index (Phi) is 6.88. The molecule has 1 rings (SSSR count). The molecule has 0 unspecified atom stereocenters. The molecule has 0 radical (unpaired) electrons. The first-order chi connectivity index (χ1) is 10.4. The molecule has 0 fully saturated rings. The van der Waals surface area contributed by atoms with E-state index in [9.17, 15) is 14.4 Å².